The SMILES string of the molecule is COC(=O)Nc1ccc2c(c1)NC(=O)[C@H](C)CCC[C@H](N1CC[C@H](c3c(Br)ccc(Cl)c3F)OC1=O)c1ccnc-2c1. The predicted molar refractivity (Wildman–Crippen MR) is 160 cm³/mol. The minimum absolute atomic E-state index is 0.0399. The molecule has 3 aromatic rings. The average Bonchev–Trinajstić information content (AvgIpc) is 2.97. The van der Waals surface area contributed by atoms with Crippen molar-refractivity contribution in [3.63, 3.8) is 0 Å². The number of ether oxygens (including phenoxy) is 2. The Balaban J connectivity index is 1.48. The normalized spacial score (nSPS) is 20.8. The van der Waals surface area contributed by atoms with Crippen molar-refractivity contribution in [3.8, 4) is 11.3 Å². The number of benzene rings is 2. The first-order valence-electron chi connectivity index (χ1n) is 13.5. The highest BCUT2D eigenvalue weighted by molar-refractivity contribution is 9.10. The highest BCUT2D eigenvalue weighted by Gasteiger charge is 2.36. The van der Waals surface area contributed by atoms with Gasteiger partial charge in [0.25, 0.3) is 0 Å². The lowest BCUT2D eigenvalue weighted by atomic mass is 9.93. The number of hydrogen-bond donors (Lipinski definition) is 2. The Kier molecular flexibility index (Phi) is 8.98. The molecular weight excluding hydrogens is 631 g/mol. The molecule has 1 aromatic heterocycles. The van der Waals surface area contributed by atoms with E-state index in [1.54, 1.807) is 35.4 Å². The number of fused-ring (bicyclic) bond motifs is 4. The van der Waals surface area contributed by atoms with Gasteiger partial charge in [0, 0.05) is 46.4 Å². The molecule has 3 atom stereocenters. The zero-order chi connectivity index (χ0) is 30.0. The van der Waals surface area contributed by atoms with E-state index in [4.69, 9.17) is 21.1 Å². The summed E-state index contributed by atoms with van der Waals surface area (Å²) in [6.45, 7) is 2.18. The third-order valence-corrected chi connectivity index (χ3v) is 8.59. The maximum absolute atomic E-state index is 14.9. The molecule has 2 bridgehead atoms. The van der Waals surface area contributed by atoms with Gasteiger partial charge in [0.2, 0.25) is 5.91 Å². The molecule has 3 amide bonds. The highest BCUT2D eigenvalue weighted by Crippen LogP contribution is 2.40. The van der Waals surface area contributed by atoms with E-state index >= 15 is 0 Å². The van der Waals surface area contributed by atoms with Crippen molar-refractivity contribution in [2.75, 3.05) is 24.3 Å². The Morgan fingerprint density at radius 1 is 1.19 bits per heavy atom. The molecular formula is C30H29BrClFN4O5. The van der Waals surface area contributed by atoms with Crippen molar-refractivity contribution >= 4 is 57.0 Å². The first kappa shape index (κ1) is 29.8. The number of nitrogens with one attached hydrogen (secondary N) is 2. The first-order chi connectivity index (χ1) is 20.2. The monoisotopic (exact) mass is 658 g/mol. The molecule has 0 radical (unpaired) electrons. The highest BCUT2D eigenvalue weighted by atomic mass is 79.9. The van der Waals surface area contributed by atoms with Crippen LogP contribution in [-0.4, -0.2) is 41.6 Å². The molecule has 2 N–H and O–H groups in total. The van der Waals surface area contributed by atoms with Crippen molar-refractivity contribution in [1.29, 1.82) is 0 Å². The van der Waals surface area contributed by atoms with Crippen LogP contribution in [0.25, 0.3) is 11.3 Å². The summed E-state index contributed by atoms with van der Waals surface area (Å²) in [5.74, 6) is -1.10. The lowest BCUT2D eigenvalue weighted by molar-refractivity contribution is -0.119. The Labute approximate surface area is 255 Å². The second-order valence-electron chi connectivity index (χ2n) is 10.3. The van der Waals surface area contributed by atoms with Crippen LogP contribution in [0.2, 0.25) is 5.02 Å². The van der Waals surface area contributed by atoms with Crippen molar-refractivity contribution in [1.82, 2.24) is 9.88 Å². The van der Waals surface area contributed by atoms with Crippen LogP contribution in [-0.2, 0) is 14.3 Å². The van der Waals surface area contributed by atoms with Crippen LogP contribution in [0.3, 0.4) is 0 Å². The van der Waals surface area contributed by atoms with Gasteiger partial charge >= 0.3 is 12.2 Å². The van der Waals surface area contributed by atoms with Gasteiger partial charge in [-0.3, -0.25) is 15.1 Å². The van der Waals surface area contributed by atoms with Gasteiger partial charge in [0.05, 0.1) is 29.6 Å². The molecule has 3 heterocycles. The topological polar surface area (TPSA) is 110 Å². The Hall–Kier alpha value is -3.70. The Morgan fingerprint density at radius 2 is 2.00 bits per heavy atom. The molecule has 2 aromatic carbocycles. The summed E-state index contributed by atoms with van der Waals surface area (Å²) in [4.78, 5) is 44.5. The van der Waals surface area contributed by atoms with Crippen LogP contribution in [0.1, 0.15) is 55.9 Å². The summed E-state index contributed by atoms with van der Waals surface area (Å²) in [6.07, 6.45) is 1.89. The number of nitrogens with zero attached hydrogens (tertiary/aromatic N) is 2. The fourth-order valence-corrected chi connectivity index (χ4v) is 6.07. The third kappa shape index (κ3) is 6.22. The van der Waals surface area contributed by atoms with Crippen molar-refractivity contribution in [2.45, 2.75) is 44.8 Å². The molecule has 220 valence electrons. The summed E-state index contributed by atoms with van der Waals surface area (Å²) in [5, 5.41) is 5.56. The van der Waals surface area contributed by atoms with Gasteiger partial charge in [-0.25, -0.2) is 14.0 Å². The molecule has 9 nitrogen and oxygen atoms in total. The van der Waals surface area contributed by atoms with Crippen LogP contribution < -0.4 is 10.6 Å². The number of rotatable bonds is 3. The summed E-state index contributed by atoms with van der Waals surface area (Å²) in [7, 11) is 1.27. The van der Waals surface area contributed by atoms with E-state index in [0.717, 1.165) is 5.56 Å². The summed E-state index contributed by atoms with van der Waals surface area (Å²) >= 11 is 9.37. The van der Waals surface area contributed by atoms with Crippen molar-refractivity contribution in [2.24, 2.45) is 5.92 Å². The molecule has 0 saturated carbocycles. The first-order valence-corrected chi connectivity index (χ1v) is 14.7. The molecule has 2 aliphatic heterocycles. The molecule has 0 unspecified atom stereocenters. The number of amides is 3. The minimum atomic E-state index is -0.788. The van der Waals surface area contributed by atoms with E-state index in [1.165, 1.54) is 13.2 Å². The van der Waals surface area contributed by atoms with E-state index in [-0.39, 0.29) is 28.5 Å². The largest absolute Gasteiger partial charge is 0.453 e. The van der Waals surface area contributed by atoms with Crippen LogP contribution >= 0.6 is 27.5 Å². The van der Waals surface area contributed by atoms with Gasteiger partial charge in [-0.2, -0.15) is 0 Å². The number of carbonyl (C=O) groups is 3. The van der Waals surface area contributed by atoms with Gasteiger partial charge in [0.15, 0.2) is 0 Å². The molecule has 5 rings (SSSR count). The van der Waals surface area contributed by atoms with Gasteiger partial charge < -0.3 is 19.7 Å². The van der Waals surface area contributed by atoms with E-state index < -0.39 is 24.1 Å². The summed E-state index contributed by atoms with van der Waals surface area (Å²) in [5.41, 5.74) is 3.24. The maximum atomic E-state index is 14.9. The number of halogens is 3. The Bertz CT molecular complexity index is 1540. The predicted octanol–water partition coefficient (Wildman–Crippen LogP) is 7.87. The molecule has 2 aliphatic rings. The molecule has 0 aliphatic carbocycles. The zero-order valence-electron chi connectivity index (χ0n) is 23.0. The molecule has 42 heavy (non-hydrogen) atoms. The number of anilines is 2. The maximum Gasteiger partial charge on any atom is 0.411 e. The van der Waals surface area contributed by atoms with Gasteiger partial charge in [-0.05, 0) is 60.9 Å². The van der Waals surface area contributed by atoms with E-state index in [1.807, 2.05) is 19.1 Å². The van der Waals surface area contributed by atoms with Crippen molar-refractivity contribution < 1.29 is 28.2 Å². The summed E-state index contributed by atoms with van der Waals surface area (Å²) < 4.78 is 25.8. The van der Waals surface area contributed by atoms with Crippen LogP contribution in [0.15, 0.2) is 53.1 Å². The quantitative estimate of drug-likeness (QED) is 0.277. The third-order valence-electron chi connectivity index (χ3n) is 7.60. The fourth-order valence-electron chi connectivity index (χ4n) is 5.35. The minimum Gasteiger partial charge on any atom is -0.453 e. The van der Waals surface area contributed by atoms with E-state index in [9.17, 15) is 18.8 Å². The number of carbonyl (C=O) groups excluding carboxylic acids is 3. The number of hydrogen-bond acceptors (Lipinski definition) is 6. The molecule has 12 heteroatoms. The van der Waals surface area contributed by atoms with Gasteiger partial charge in [0.1, 0.15) is 11.9 Å². The molecule has 0 spiro atoms. The average molecular weight is 660 g/mol. The lowest BCUT2D eigenvalue weighted by Gasteiger charge is -2.38. The van der Waals surface area contributed by atoms with Crippen LogP contribution in [0.4, 0.5) is 25.4 Å². The second-order valence-corrected chi connectivity index (χ2v) is 11.6. The van der Waals surface area contributed by atoms with Crippen LogP contribution in [0, 0.1) is 11.7 Å². The zero-order valence-corrected chi connectivity index (χ0v) is 25.3. The standard InChI is InChI=1S/C30H29BrClFN4O5/c1-16-4-3-5-24(37-13-11-25(42-30(37)40)26-20(31)8-9-21(32)27(26)33)17-10-12-34-22(14-17)19-7-6-18(35-29(39)41-2)15-23(19)36-28(16)38/h6-10,12,14-16,24-25H,3-5,11,13H2,1-2H3,(H,35,39)(H,36,38)/t16-,24+,25-/m1/s1. The second kappa shape index (κ2) is 12.7. The van der Waals surface area contributed by atoms with Gasteiger partial charge in [-0.15, -0.1) is 0 Å². The number of methoxy groups -OCH3 is 1. The molecule has 1 saturated heterocycles. The number of pyridine rings is 1. The lowest BCUT2D eigenvalue weighted by Crippen LogP contribution is -2.42. The van der Waals surface area contributed by atoms with Crippen molar-refractivity contribution in [3.05, 3.63) is 75.1 Å². The molecule has 1 fully saturated rings. The van der Waals surface area contributed by atoms with E-state index in [2.05, 4.69) is 31.5 Å². The van der Waals surface area contributed by atoms with Crippen LogP contribution in [0.5, 0.6) is 0 Å². The summed E-state index contributed by atoms with van der Waals surface area (Å²) in [6, 6.07) is 11.6. The van der Waals surface area contributed by atoms with E-state index in [0.29, 0.717) is 59.3 Å². The van der Waals surface area contributed by atoms with Gasteiger partial charge in [-0.1, -0.05) is 40.9 Å². The Morgan fingerprint density at radius 3 is 2.76 bits per heavy atom. The fraction of sp³-hybridized carbons (Fsp3) is 0.333. The number of aromatic nitrogens is 1. The smallest absolute Gasteiger partial charge is 0.411 e. The number of cyclic esters (lactones) is 1.